The number of imidazole rings is 1. The quantitative estimate of drug-likeness (QED) is 0.147. The Balaban J connectivity index is 0.0000107. The van der Waals surface area contributed by atoms with Crippen LogP contribution in [0.2, 0.25) is 0 Å². The number of nitrogens with zero attached hydrogens (tertiary/aromatic N) is 3. The molecule has 0 aliphatic rings. The number of para-hydroxylation sites is 1. The van der Waals surface area contributed by atoms with Crippen molar-refractivity contribution in [2.45, 2.75) is 105 Å². The SMILES string of the molecule is [2H]C([2H])([2H])c1cc(-c2cc(C(C)C)cc(C([2H])(C)C)c2)ccc1-n1c(-c2cc(C(C([2H])([2H])[2H])(C([2H])([2H])[2H])C([2H])([2H])[2H])cc(C(C([2H])([2H])[2H])(C([2H])([2H])[2H])C([2H])([2H])[2H])c2O)nc2c(-c3[c-]c(-c4cc(-c5ccc(C)cc5)ccn4)cc(-c4ccccc4)c3)cccc21.[Pt]. The predicted molar refractivity (Wildman–Crippen MR) is 287 cm³/mol. The molecule has 1 N–H and O–H groups in total. The fraction of sp³-hybridized carbons (Fsp3) is 0.250. The van der Waals surface area contributed by atoms with Gasteiger partial charge in [-0.3, -0.25) is 9.55 Å². The molecule has 0 radical (unpaired) electrons. The number of fused-ring (bicyclic) bond motifs is 1. The maximum Gasteiger partial charge on any atom is 0.148 e. The van der Waals surface area contributed by atoms with Crippen LogP contribution in [0.4, 0.5) is 0 Å². The average Bonchev–Trinajstić information content (AvgIpc) is 1.03. The summed E-state index contributed by atoms with van der Waals surface area (Å²) in [7, 11) is 0. The van der Waals surface area contributed by atoms with Crippen molar-refractivity contribution in [2.75, 3.05) is 0 Å². The molecule has 9 rings (SSSR count). The van der Waals surface area contributed by atoms with Crippen LogP contribution >= 0.6 is 0 Å². The zero-order chi connectivity index (χ0) is 66.7. The van der Waals surface area contributed by atoms with Crippen molar-refractivity contribution in [1.82, 2.24) is 14.5 Å². The van der Waals surface area contributed by atoms with Crippen LogP contribution in [-0.2, 0) is 31.9 Å². The predicted octanol–water partition coefficient (Wildman–Crippen LogP) is 17.4. The van der Waals surface area contributed by atoms with Gasteiger partial charge in [0.05, 0.1) is 22.3 Å². The molecule has 352 valence electrons. The Morgan fingerprint density at radius 2 is 1.30 bits per heavy atom. The number of hydrogen-bond acceptors (Lipinski definition) is 3. The van der Waals surface area contributed by atoms with Gasteiger partial charge in [0.2, 0.25) is 0 Å². The van der Waals surface area contributed by atoms with Gasteiger partial charge in [-0.15, -0.1) is 23.8 Å². The topological polar surface area (TPSA) is 50.9 Å². The van der Waals surface area contributed by atoms with Gasteiger partial charge in [0.1, 0.15) is 11.6 Å². The molecule has 0 fully saturated rings. The third-order valence-electron chi connectivity index (χ3n) is 12.3. The van der Waals surface area contributed by atoms with E-state index in [4.69, 9.17) is 36.0 Å². The van der Waals surface area contributed by atoms with Gasteiger partial charge >= 0.3 is 0 Å². The summed E-state index contributed by atoms with van der Waals surface area (Å²) in [6.45, 7) is -18.9. The van der Waals surface area contributed by atoms with Gasteiger partial charge in [-0.25, -0.2) is 4.98 Å². The van der Waals surface area contributed by atoms with Crippen molar-refractivity contribution in [1.29, 1.82) is 0 Å². The summed E-state index contributed by atoms with van der Waals surface area (Å²) >= 11 is 0. The molecule has 9 aromatic rings. The smallest absolute Gasteiger partial charge is 0.148 e. The molecule has 2 heterocycles. The Morgan fingerprint density at radius 1 is 0.623 bits per heavy atom. The molecule has 2 aromatic heterocycles. The first kappa shape index (κ1) is 28.3. The standard InChI is InChI=1S/C64H64N3O.Pt/c1-39(2)47-30-48(40(3)4)32-50(31-47)45-25-26-58(42(6)29-45)67-59-20-16-19-54(60(59)66-62(67)55-37-53(63(7,8)9)38-56(61(55)68)64(10,11)12)51-33-49(43-17-14-13-15-18-43)34-52(35-51)57-36-46(27-28-65-57)44-23-21-41(5)22-24-44;/h13-34,36-40,68H,1-12H3;/q-1;/i6D3,7D3,8D3,9D3,10D3,11D3,12D3,39D;. The number of rotatable bonds is 9. The van der Waals surface area contributed by atoms with Gasteiger partial charge in [0, 0.05) is 68.7 Å². The number of aromatic nitrogens is 3. The van der Waals surface area contributed by atoms with Crippen LogP contribution in [-0.4, -0.2) is 19.6 Å². The van der Waals surface area contributed by atoms with E-state index < -0.39 is 98.5 Å². The molecule has 4 nitrogen and oxygen atoms in total. The minimum Gasteiger partial charge on any atom is -0.507 e. The number of aryl methyl sites for hydroxylation is 2. The van der Waals surface area contributed by atoms with Crippen LogP contribution < -0.4 is 0 Å². The van der Waals surface area contributed by atoms with E-state index in [2.05, 4.69) is 6.07 Å². The zero-order valence-corrected chi connectivity index (χ0v) is 40.9. The second-order valence-corrected chi connectivity index (χ2v) is 18.0. The van der Waals surface area contributed by atoms with E-state index in [0.717, 1.165) is 27.8 Å². The molecule has 0 unspecified atom stereocenters. The maximum absolute atomic E-state index is 13.1. The zero-order valence-electron chi connectivity index (χ0n) is 60.6. The average molecular weight is 1110 g/mol. The third kappa shape index (κ3) is 9.93. The molecule has 0 amide bonds. The molecular weight excluding hydrogens is 1020 g/mol. The van der Waals surface area contributed by atoms with Crippen LogP contribution in [0, 0.1) is 19.8 Å². The van der Waals surface area contributed by atoms with E-state index in [9.17, 15) is 9.22 Å². The van der Waals surface area contributed by atoms with Crippen molar-refractivity contribution < 1.29 is 56.3 Å². The van der Waals surface area contributed by atoms with Crippen LogP contribution in [0.1, 0.15) is 144 Å². The van der Waals surface area contributed by atoms with Crippen LogP contribution in [0.15, 0.2) is 152 Å². The van der Waals surface area contributed by atoms with E-state index in [-0.39, 0.29) is 55.3 Å². The second-order valence-electron chi connectivity index (χ2n) is 18.0. The van der Waals surface area contributed by atoms with Crippen molar-refractivity contribution in [3.63, 3.8) is 0 Å². The molecule has 0 saturated heterocycles. The molecule has 0 saturated carbocycles. The Hall–Kier alpha value is -6.35. The molecule has 0 spiro atoms. The summed E-state index contributed by atoms with van der Waals surface area (Å²) in [5.74, 6) is -3.36. The van der Waals surface area contributed by atoms with Gasteiger partial charge < -0.3 is 5.11 Å². The Kier molecular flexibility index (Phi) is 7.89. The summed E-state index contributed by atoms with van der Waals surface area (Å²) in [4.78, 5) is 9.83. The number of aromatic hydroxyl groups is 1. The monoisotopic (exact) mass is 1110 g/mol. The van der Waals surface area contributed by atoms with E-state index in [1.54, 1.807) is 50.4 Å². The number of hydrogen-bond donors (Lipinski definition) is 1. The van der Waals surface area contributed by atoms with Gasteiger partial charge in [-0.1, -0.05) is 194 Å². The van der Waals surface area contributed by atoms with Crippen molar-refractivity contribution >= 4 is 11.0 Å². The third-order valence-corrected chi connectivity index (χ3v) is 12.3. The molecule has 0 atom stereocenters. The molecule has 0 bridgehead atoms. The van der Waals surface area contributed by atoms with Crippen molar-refractivity contribution in [3.8, 4) is 78.6 Å². The van der Waals surface area contributed by atoms with Crippen molar-refractivity contribution in [2.24, 2.45) is 0 Å². The largest absolute Gasteiger partial charge is 0.507 e. The summed E-state index contributed by atoms with van der Waals surface area (Å²) in [6.07, 6.45) is 1.65. The molecule has 0 aliphatic heterocycles. The first-order valence-corrected chi connectivity index (χ1v) is 22.2. The Bertz CT molecular complexity index is 4110. The van der Waals surface area contributed by atoms with Crippen LogP contribution in [0.3, 0.4) is 0 Å². The number of pyridine rings is 1. The van der Waals surface area contributed by atoms with Gasteiger partial charge in [-0.05, 0) is 117 Å². The Morgan fingerprint density at radius 3 is 2.01 bits per heavy atom. The van der Waals surface area contributed by atoms with Gasteiger partial charge in [-0.2, -0.15) is 0 Å². The molecule has 0 aliphatic carbocycles. The fourth-order valence-electron chi connectivity index (χ4n) is 8.55. The number of benzene rings is 7. The summed E-state index contributed by atoms with van der Waals surface area (Å²) < 4.78 is 196. The summed E-state index contributed by atoms with van der Waals surface area (Å²) in [5.41, 5.74) is -4.99. The Labute approximate surface area is 455 Å². The van der Waals surface area contributed by atoms with E-state index in [1.807, 2.05) is 106 Å². The van der Waals surface area contributed by atoms with E-state index >= 15 is 0 Å². The van der Waals surface area contributed by atoms with Gasteiger partial charge in [0.25, 0.3) is 0 Å². The molecule has 7 aromatic carbocycles. The van der Waals surface area contributed by atoms with Crippen molar-refractivity contribution in [3.05, 3.63) is 191 Å². The van der Waals surface area contributed by atoms with Crippen LogP contribution in [0.25, 0.3) is 83.9 Å². The van der Waals surface area contributed by atoms with E-state index in [0.29, 0.717) is 45.1 Å². The first-order chi connectivity index (χ1) is 41.3. The minimum absolute atomic E-state index is 0. The fourth-order valence-corrected chi connectivity index (χ4v) is 8.55. The molecular formula is C64H64N3OPt-. The second kappa shape index (κ2) is 19.2. The molecule has 5 heteroatoms. The van der Waals surface area contributed by atoms with Gasteiger partial charge in [0.15, 0.2) is 0 Å². The van der Waals surface area contributed by atoms with Crippen LogP contribution in [0.5, 0.6) is 5.75 Å². The number of phenolic OH excluding ortho intramolecular Hbond substituents is 1. The number of phenols is 1. The minimum atomic E-state index is -4.26. The summed E-state index contributed by atoms with van der Waals surface area (Å²) in [5, 5.41) is 13.1. The first-order valence-electron chi connectivity index (χ1n) is 33.2. The molecule has 69 heavy (non-hydrogen) atoms. The summed E-state index contributed by atoms with van der Waals surface area (Å²) in [6, 6.07) is 43.5. The van der Waals surface area contributed by atoms with E-state index in [1.165, 1.54) is 22.8 Å². The maximum atomic E-state index is 13.1. The normalized spacial score (nSPS) is 18.1.